The maximum Gasteiger partial charge on any atom is 0.141 e. The fourth-order valence-corrected chi connectivity index (χ4v) is 1.36. The third-order valence-electron chi connectivity index (χ3n) is 1.94. The van der Waals surface area contributed by atoms with E-state index in [1.54, 1.807) is 12.4 Å². The van der Waals surface area contributed by atoms with Gasteiger partial charge in [0.05, 0.1) is 12.2 Å². The Bertz CT molecular complexity index is 395. The molecule has 0 unspecified atom stereocenters. The standard InChI is InChI=1S/C11H12N2O/c1-2-14-10-6-4-3-5-9(10)11-12-7-8-13-11/h3-8H,2H2,1H3,(H,12,13). The molecule has 3 heteroatoms. The molecule has 0 spiro atoms. The zero-order valence-electron chi connectivity index (χ0n) is 8.03. The Balaban J connectivity index is 2.42. The van der Waals surface area contributed by atoms with Crippen molar-refractivity contribution in [2.75, 3.05) is 6.61 Å². The molecule has 72 valence electrons. The number of para-hydroxylation sites is 1. The minimum Gasteiger partial charge on any atom is -0.493 e. The normalized spacial score (nSPS) is 10.1. The van der Waals surface area contributed by atoms with Gasteiger partial charge in [0.25, 0.3) is 0 Å². The van der Waals surface area contributed by atoms with Gasteiger partial charge in [-0.2, -0.15) is 0 Å². The van der Waals surface area contributed by atoms with Crippen molar-refractivity contribution in [3.63, 3.8) is 0 Å². The van der Waals surface area contributed by atoms with Gasteiger partial charge in [-0.3, -0.25) is 0 Å². The Kier molecular flexibility index (Phi) is 2.49. The van der Waals surface area contributed by atoms with E-state index in [0.717, 1.165) is 17.1 Å². The van der Waals surface area contributed by atoms with Crippen molar-refractivity contribution >= 4 is 0 Å². The molecule has 1 aromatic heterocycles. The highest BCUT2D eigenvalue weighted by Gasteiger charge is 2.05. The molecule has 0 saturated heterocycles. The number of nitrogens with zero attached hydrogens (tertiary/aromatic N) is 1. The number of ether oxygens (including phenoxy) is 1. The van der Waals surface area contributed by atoms with E-state index in [1.807, 2.05) is 31.2 Å². The predicted molar refractivity (Wildman–Crippen MR) is 55.2 cm³/mol. The quantitative estimate of drug-likeness (QED) is 0.803. The maximum absolute atomic E-state index is 5.50. The number of benzene rings is 1. The fourth-order valence-electron chi connectivity index (χ4n) is 1.36. The molecule has 2 aromatic rings. The predicted octanol–water partition coefficient (Wildman–Crippen LogP) is 2.48. The van der Waals surface area contributed by atoms with E-state index in [0.29, 0.717) is 6.61 Å². The molecule has 14 heavy (non-hydrogen) atoms. The van der Waals surface area contributed by atoms with Crippen molar-refractivity contribution in [2.45, 2.75) is 6.92 Å². The van der Waals surface area contributed by atoms with Crippen LogP contribution in [-0.2, 0) is 0 Å². The van der Waals surface area contributed by atoms with E-state index in [1.165, 1.54) is 0 Å². The number of hydrogen-bond acceptors (Lipinski definition) is 2. The Hall–Kier alpha value is -1.77. The Morgan fingerprint density at radius 1 is 1.36 bits per heavy atom. The number of imidazole rings is 1. The largest absolute Gasteiger partial charge is 0.493 e. The summed E-state index contributed by atoms with van der Waals surface area (Å²) in [5.74, 6) is 1.71. The minimum atomic E-state index is 0.664. The van der Waals surface area contributed by atoms with Crippen molar-refractivity contribution in [3.8, 4) is 17.1 Å². The molecular weight excluding hydrogens is 176 g/mol. The summed E-state index contributed by atoms with van der Waals surface area (Å²) in [6, 6.07) is 7.86. The molecule has 0 aliphatic carbocycles. The van der Waals surface area contributed by atoms with Crippen molar-refractivity contribution in [1.29, 1.82) is 0 Å². The summed E-state index contributed by atoms with van der Waals surface area (Å²) in [5.41, 5.74) is 0.999. The van der Waals surface area contributed by atoms with Crippen LogP contribution in [0, 0.1) is 0 Å². The van der Waals surface area contributed by atoms with Crippen molar-refractivity contribution < 1.29 is 4.74 Å². The molecule has 0 aliphatic heterocycles. The van der Waals surface area contributed by atoms with E-state index < -0.39 is 0 Å². The number of H-pyrrole nitrogens is 1. The molecule has 0 radical (unpaired) electrons. The van der Waals surface area contributed by atoms with Gasteiger partial charge in [-0.25, -0.2) is 4.98 Å². The summed E-state index contributed by atoms with van der Waals surface area (Å²) in [4.78, 5) is 7.25. The van der Waals surface area contributed by atoms with Crippen molar-refractivity contribution in [3.05, 3.63) is 36.7 Å². The van der Waals surface area contributed by atoms with Crippen LogP contribution in [0.1, 0.15) is 6.92 Å². The van der Waals surface area contributed by atoms with Gasteiger partial charge < -0.3 is 9.72 Å². The number of hydrogen-bond donors (Lipinski definition) is 1. The first-order chi connectivity index (χ1) is 6.92. The lowest BCUT2D eigenvalue weighted by atomic mass is 10.2. The van der Waals surface area contributed by atoms with Crippen LogP contribution >= 0.6 is 0 Å². The fraction of sp³-hybridized carbons (Fsp3) is 0.182. The molecule has 1 N–H and O–H groups in total. The second-order valence-electron chi connectivity index (χ2n) is 2.87. The highest BCUT2D eigenvalue weighted by molar-refractivity contribution is 5.63. The lowest BCUT2D eigenvalue weighted by molar-refractivity contribution is 0.341. The zero-order valence-corrected chi connectivity index (χ0v) is 8.03. The molecule has 0 aliphatic rings. The van der Waals surface area contributed by atoms with Crippen LogP contribution in [-0.4, -0.2) is 16.6 Å². The van der Waals surface area contributed by atoms with Gasteiger partial charge in [-0.05, 0) is 19.1 Å². The molecule has 0 saturated carbocycles. The Morgan fingerprint density at radius 3 is 2.93 bits per heavy atom. The van der Waals surface area contributed by atoms with Gasteiger partial charge in [0.2, 0.25) is 0 Å². The molecule has 2 rings (SSSR count). The lowest BCUT2D eigenvalue weighted by Crippen LogP contribution is -1.94. The summed E-state index contributed by atoms with van der Waals surface area (Å²) < 4.78 is 5.50. The van der Waals surface area contributed by atoms with E-state index in [4.69, 9.17) is 4.74 Å². The average molecular weight is 188 g/mol. The average Bonchev–Trinajstić information content (AvgIpc) is 2.72. The summed E-state index contributed by atoms with van der Waals surface area (Å²) in [7, 11) is 0. The van der Waals surface area contributed by atoms with Crippen LogP contribution in [0.4, 0.5) is 0 Å². The SMILES string of the molecule is CCOc1ccccc1-c1ncc[nH]1. The lowest BCUT2D eigenvalue weighted by Gasteiger charge is -2.07. The monoisotopic (exact) mass is 188 g/mol. The van der Waals surface area contributed by atoms with Crippen LogP contribution in [0.25, 0.3) is 11.4 Å². The molecule has 1 heterocycles. The second-order valence-corrected chi connectivity index (χ2v) is 2.87. The highest BCUT2D eigenvalue weighted by atomic mass is 16.5. The van der Waals surface area contributed by atoms with Gasteiger partial charge in [-0.15, -0.1) is 0 Å². The zero-order chi connectivity index (χ0) is 9.80. The molecule has 0 fully saturated rings. The third-order valence-corrected chi connectivity index (χ3v) is 1.94. The summed E-state index contributed by atoms with van der Waals surface area (Å²) in [6.07, 6.45) is 3.54. The number of aromatic amines is 1. The van der Waals surface area contributed by atoms with Crippen LogP contribution in [0.2, 0.25) is 0 Å². The van der Waals surface area contributed by atoms with E-state index in [-0.39, 0.29) is 0 Å². The van der Waals surface area contributed by atoms with E-state index in [2.05, 4.69) is 9.97 Å². The topological polar surface area (TPSA) is 37.9 Å². The summed E-state index contributed by atoms with van der Waals surface area (Å²) >= 11 is 0. The van der Waals surface area contributed by atoms with Gasteiger partial charge in [-0.1, -0.05) is 12.1 Å². The van der Waals surface area contributed by atoms with Crippen LogP contribution < -0.4 is 4.74 Å². The highest BCUT2D eigenvalue weighted by Crippen LogP contribution is 2.26. The maximum atomic E-state index is 5.50. The first-order valence-corrected chi connectivity index (χ1v) is 4.63. The summed E-state index contributed by atoms with van der Waals surface area (Å²) in [6.45, 7) is 2.64. The van der Waals surface area contributed by atoms with Crippen molar-refractivity contribution in [2.24, 2.45) is 0 Å². The first kappa shape index (κ1) is 8.81. The minimum absolute atomic E-state index is 0.664. The smallest absolute Gasteiger partial charge is 0.141 e. The van der Waals surface area contributed by atoms with Gasteiger partial charge >= 0.3 is 0 Å². The van der Waals surface area contributed by atoms with Gasteiger partial charge in [0.1, 0.15) is 11.6 Å². The van der Waals surface area contributed by atoms with Crippen LogP contribution in [0.15, 0.2) is 36.7 Å². The molecule has 0 amide bonds. The second kappa shape index (κ2) is 3.96. The van der Waals surface area contributed by atoms with Crippen molar-refractivity contribution in [1.82, 2.24) is 9.97 Å². The molecular formula is C11H12N2O. The third kappa shape index (κ3) is 1.62. The van der Waals surface area contributed by atoms with Gasteiger partial charge in [0.15, 0.2) is 0 Å². The number of aromatic nitrogens is 2. The molecule has 1 aromatic carbocycles. The molecule has 0 bridgehead atoms. The molecule has 0 atom stereocenters. The first-order valence-electron chi connectivity index (χ1n) is 4.63. The number of nitrogens with one attached hydrogen (secondary N) is 1. The van der Waals surface area contributed by atoms with Crippen LogP contribution in [0.5, 0.6) is 5.75 Å². The van der Waals surface area contributed by atoms with Gasteiger partial charge in [0, 0.05) is 12.4 Å². The van der Waals surface area contributed by atoms with E-state index in [9.17, 15) is 0 Å². The number of rotatable bonds is 3. The summed E-state index contributed by atoms with van der Waals surface area (Å²) in [5, 5.41) is 0. The van der Waals surface area contributed by atoms with E-state index >= 15 is 0 Å². The Morgan fingerprint density at radius 2 is 2.21 bits per heavy atom. The molecule has 3 nitrogen and oxygen atoms in total. The Labute approximate surface area is 82.8 Å². The van der Waals surface area contributed by atoms with Crippen LogP contribution in [0.3, 0.4) is 0 Å².